The molecule has 0 aliphatic carbocycles. The molecule has 1 amide bonds. The molecule has 1 spiro atoms. The van der Waals surface area contributed by atoms with Crippen LogP contribution < -0.4 is 0 Å². The molecule has 0 radical (unpaired) electrons. The van der Waals surface area contributed by atoms with Crippen molar-refractivity contribution in [2.45, 2.75) is 18.6 Å². The van der Waals surface area contributed by atoms with E-state index in [-0.39, 0.29) is 5.91 Å². The number of halogens is 1. The Morgan fingerprint density at radius 3 is 2.41 bits per heavy atom. The molecular weight excluding hydrogens is 388 g/mol. The van der Waals surface area contributed by atoms with E-state index in [2.05, 4.69) is 0 Å². The zero-order valence-corrected chi connectivity index (χ0v) is 16.7. The maximum absolute atomic E-state index is 13.5. The van der Waals surface area contributed by atoms with Gasteiger partial charge in [-0.05, 0) is 24.3 Å². The molecule has 2 aliphatic heterocycles. The molecule has 0 saturated carbocycles. The van der Waals surface area contributed by atoms with Gasteiger partial charge in [0.25, 0.3) is 5.91 Å². The number of ether oxygens (including phenoxy) is 2. The number of nitrogens with zero attached hydrogens (tertiary/aromatic N) is 2. The zero-order chi connectivity index (χ0) is 19.8. The maximum atomic E-state index is 13.5. The third-order valence-electron chi connectivity index (χ3n) is 5.71. The van der Waals surface area contributed by atoms with Crippen molar-refractivity contribution >= 4 is 28.4 Å². The molecule has 2 saturated heterocycles. The summed E-state index contributed by atoms with van der Waals surface area (Å²) in [5.41, 5.74) is 3.17. The SMILES string of the molecule is O=C(c1cc(-c2ccc(Cl)cc2)nc2ccccc12)N1CCC2(CC1)OCCO2. The van der Waals surface area contributed by atoms with Crippen LogP contribution in [0.5, 0.6) is 0 Å². The van der Waals surface area contributed by atoms with E-state index in [1.165, 1.54) is 0 Å². The second-order valence-electron chi connectivity index (χ2n) is 7.48. The Labute approximate surface area is 174 Å². The van der Waals surface area contributed by atoms with Crippen molar-refractivity contribution in [3.8, 4) is 11.3 Å². The van der Waals surface area contributed by atoms with E-state index >= 15 is 0 Å². The van der Waals surface area contributed by atoms with Crippen LogP contribution in [-0.4, -0.2) is 47.9 Å². The van der Waals surface area contributed by atoms with Crippen LogP contribution in [0.15, 0.2) is 54.6 Å². The van der Waals surface area contributed by atoms with Crippen molar-refractivity contribution in [1.29, 1.82) is 0 Å². The van der Waals surface area contributed by atoms with Gasteiger partial charge in [-0.2, -0.15) is 0 Å². The highest BCUT2D eigenvalue weighted by molar-refractivity contribution is 6.30. The van der Waals surface area contributed by atoms with Crippen molar-refractivity contribution in [3.63, 3.8) is 0 Å². The van der Waals surface area contributed by atoms with Crippen LogP contribution in [0.1, 0.15) is 23.2 Å². The van der Waals surface area contributed by atoms with Crippen molar-refractivity contribution in [3.05, 3.63) is 65.2 Å². The third kappa shape index (κ3) is 3.50. The number of rotatable bonds is 2. The first-order valence-corrected chi connectivity index (χ1v) is 10.2. The molecule has 2 fully saturated rings. The maximum Gasteiger partial charge on any atom is 0.254 e. The fourth-order valence-electron chi connectivity index (χ4n) is 4.13. The van der Waals surface area contributed by atoms with E-state index in [1.54, 1.807) is 0 Å². The average Bonchev–Trinajstić information content (AvgIpc) is 3.21. The summed E-state index contributed by atoms with van der Waals surface area (Å²) in [6, 6.07) is 17.2. The number of hydrogen-bond acceptors (Lipinski definition) is 4. The Morgan fingerprint density at radius 2 is 1.69 bits per heavy atom. The Hall–Kier alpha value is -2.47. The van der Waals surface area contributed by atoms with Crippen LogP contribution in [0.4, 0.5) is 0 Å². The topological polar surface area (TPSA) is 51.7 Å². The van der Waals surface area contributed by atoms with Gasteiger partial charge in [0.2, 0.25) is 0 Å². The number of likely N-dealkylation sites (tertiary alicyclic amines) is 1. The normalized spacial score (nSPS) is 18.4. The highest BCUT2D eigenvalue weighted by Gasteiger charge is 2.41. The molecular formula is C23H21ClN2O3. The second kappa shape index (κ2) is 7.41. The predicted molar refractivity (Wildman–Crippen MR) is 112 cm³/mol. The number of fused-ring (bicyclic) bond motifs is 1. The number of carbonyl (C=O) groups excluding carboxylic acids is 1. The number of amides is 1. The van der Waals surface area contributed by atoms with Crippen molar-refractivity contribution in [2.75, 3.05) is 26.3 Å². The summed E-state index contributed by atoms with van der Waals surface area (Å²) < 4.78 is 11.6. The van der Waals surface area contributed by atoms with Gasteiger partial charge in [-0.25, -0.2) is 4.98 Å². The second-order valence-corrected chi connectivity index (χ2v) is 7.92. The number of pyridine rings is 1. The molecule has 6 heteroatoms. The van der Waals surface area contributed by atoms with Crippen molar-refractivity contribution in [2.24, 2.45) is 0 Å². The zero-order valence-electron chi connectivity index (χ0n) is 15.9. The van der Waals surface area contributed by atoms with Gasteiger partial charge < -0.3 is 14.4 Å². The Bertz CT molecular complexity index is 1050. The third-order valence-corrected chi connectivity index (χ3v) is 5.96. The van der Waals surface area contributed by atoms with E-state index in [0.29, 0.717) is 49.7 Å². The van der Waals surface area contributed by atoms with Gasteiger partial charge in [-0.3, -0.25) is 4.79 Å². The number of carbonyl (C=O) groups is 1. The lowest BCUT2D eigenvalue weighted by molar-refractivity contribution is -0.181. The first-order valence-electron chi connectivity index (χ1n) is 9.87. The quantitative estimate of drug-likeness (QED) is 0.625. The summed E-state index contributed by atoms with van der Waals surface area (Å²) in [6.07, 6.45) is 1.40. The lowest BCUT2D eigenvalue weighted by Crippen LogP contribution is -2.47. The molecule has 0 N–H and O–H groups in total. The summed E-state index contributed by atoms with van der Waals surface area (Å²) in [5.74, 6) is -0.474. The lowest BCUT2D eigenvalue weighted by atomic mass is 10.00. The Balaban J connectivity index is 1.50. The molecule has 3 aromatic rings. The monoisotopic (exact) mass is 408 g/mol. The lowest BCUT2D eigenvalue weighted by Gasteiger charge is -2.37. The van der Waals surface area contributed by atoms with E-state index in [0.717, 1.165) is 22.2 Å². The fourth-order valence-corrected chi connectivity index (χ4v) is 4.25. The molecule has 148 valence electrons. The summed E-state index contributed by atoms with van der Waals surface area (Å²) in [5, 5.41) is 1.54. The number of aromatic nitrogens is 1. The number of para-hydroxylation sites is 1. The standard InChI is InChI=1S/C23H21ClN2O3/c24-17-7-5-16(6-8-17)21-15-19(18-3-1-2-4-20(18)25-21)22(27)26-11-9-23(10-12-26)28-13-14-29-23/h1-8,15H,9-14H2. The van der Waals surface area contributed by atoms with Gasteiger partial charge in [-0.1, -0.05) is 41.9 Å². The first kappa shape index (κ1) is 18.6. The van der Waals surface area contributed by atoms with E-state index in [4.69, 9.17) is 26.1 Å². The van der Waals surface area contributed by atoms with Gasteiger partial charge in [-0.15, -0.1) is 0 Å². The molecule has 2 aliphatic rings. The summed E-state index contributed by atoms with van der Waals surface area (Å²) in [6.45, 7) is 2.50. The molecule has 0 unspecified atom stereocenters. The van der Waals surface area contributed by atoms with E-state index in [1.807, 2.05) is 59.5 Å². The van der Waals surface area contributed by atoms with Crippen LogP contribution in [0.2, 0.25) is 5.02 Å². The highest BCUT2D eigenvalue weighted by Crippen LogP contribution is 2.33. The first-order chi connectivity index (χ1) is 14.1. The van der Waals surface area contributed by atoms with Gasteiger partial charge in [0.05, 0.1) is 30.0 Å². The molecule has 5 rings (SSSR count). The number of benzene rings is 2. The summed E-state index contributed by atoms with van der Waals surface area (Å²) in [4.78, 5) is 20.1. The number of hydrogen-bond donors (Lipinski definition) is 0. The molecule has 29 heavy (non-hydrogen) atoms. The molecule has 5 nitrogen and oxygen atoms in total. The van der Waals surface area contributed by atoms with E-state index < -0.39 is 5.79 Å². The van der Waals surface area contributed by atoms with Crippen LogP contribution in [0, 0.1) is 0 Å². The van der Waals surface area contributed by atoms with Crippen LogP contribution >= 0.6 is 11.6 Å². The average molecular weight is 409 g/mol. The van der Waals surface area contributed by atoms with Crippen LogP contribution in [-0.2, 0) is 9.47 Å². The van der Waals surface area contributed by atoms with Gasteiger partial charge in [0.1, 0.15) is 0 Å². The van der Waals surface area contributed by atoms with Crippen molar-refractivity contribution in [1.82, 2.24) is 9.88 Å². The minimum absolute atomic E-state index is 0.0201. The fraction of sp³-hybridized carbons (Fsp3) is 0.304. The number of piperidine rings is 1. The van der Waals surface area contributed by atoms with Gasteiger partial charge in [0, 0.05) is 41.9 Å². The Morgan fingerprint density at radius 1 is 1.00 bits per heavy atom. The molecule has 0 atom stereocenters. The minimum atomic E-state index is -0.494. The largest absolute Gasteiger partial charge is 0.347 e. The predicted octanol–water partition coefficient (Wildman–Crippen LogP) is 4.53. The van der Waals surface area contributed by atoms with Crippen LogP contribution in [0.3, 0.4) is 0 Å². The van der Waals surface area contributed by atoms with Gasteiger partial charge in [0.15, 0.2) is 5.79 Å². The molecule has 0 bridgehead atoms. The smallest absolute Gasteiger partial charge is 0.254 e. The summed E-state index contributed by atoms with van der Waals surface area (Å²) >= 11 is 6.03. The van der Waals surface area contributed by atoms with E-state index in [9.17, 15) is 4.79 Å². The Kier molecular flexibility index (Phi) is 4.74. The molecule has 1 aromatic heterocycles. The molecule has 3 heterocycles. The molecule has 2 aromatic carbocycles. The summed E-state index contributed by atoms with van der Waals surface area (Å²) in [7, 11) is 0. The minimum Gasteiger partial charge on any atom is -0.347 e. The van der Waals surface area contributed by atoms with Gasteiger partial charge >= 0.3 is 0 Å². The highest BCUT2D eigenvalue weighted by atomic mass is 35.5. The van der Waals surface area contributed by atoms with Crippen LogP contribution in [0.25, 0.3) is 22.2 Å². The van der Waals surface area contributed by atoms with Crippen molar-refractivity contribution < 1.29 is 14.3 Å².